The van der Waals surface area contributed by atoms with Gasteiger partial charge in [0.05, 0.1) is 19.8 Å². The minimum absolute atomic E-state index is 0.253. The van der Waals surface area contributed by atoms with Gasteiger partial charge in [-0.2, -0.15) is 0 Å². The van der Waals surface area contributed by atoms with Crippen LogP contribution in [0.1, 0.15) is 24.2 Å². The van der Waals surface area contributed by atoms with E-state index in [-0.39, 0.29) is 11.5 Å². The van der Waals surface area contributed by atoms with Crippen LogP contribution in [-0.4, -0.2) is 38.7 Å². The number of benzene rings is 2. The lowest BCUT2D eigenvalue weighted by atomic mass is 10.2. The Morgan fingerprint density at radius 3 is 2.08 bits per heavy atom. The molecule has 1 atom stereocenters. The zero-order chi connectivity index (χ0) is 19.1. The molecule has 0 aromatic heterocycles. The molecule has 0 spiro atoms. The fourth-order valence-corrected chi connectivity index (χ4v) is 2.50. The minimum Gasteiger partial charge on any atom is -0.497 e. The number of carbonyl (C=O) groups excluding carboxylic acids is 2. The highest BCUT2D eigenvalue weighted by atomic mass is 16.5. The van der Waals surface area contributed by atoms with Gasteiger partial charge in [0.15, 0.2) is 6.10 Å². The number of amides is 1. The van der Waals surface area contributed by atoms with Crippen molar-refractivity contribution in [2.75, 3.05) is 25.7 Å². The first kappa shape index (κ1) is 19.3. The fourth-order valence-electron chi connectivity index (χ4n) is 2.50. The molecule has 0 heterocycles. The van der Waals surface area contributed by atoms with Crippen molar-refractivity contribution in [3.8, 4) is 11.5 Å². The van der Waals surface area contributed by atoms with Crippen LogP contribution in [-0.2, 0) is 9.53 Å². The van der Waals surface area contributed by atoms with Crippen molar-refractivity contribution < 1.29 is 23.8 Å². The van der Waals surface area contributed by atoms with Crippen molar-refractivity contribution in [3.63, 3.8) is 0 Å². The molecule has 0 aliphatic heterocycles. The topological polar surface area (TPSA) is 65.1 Å². The molecule has 26 heavy (non-hydrogen) atoms. The first-order chi connectivity index (χ1) is 12.5. The zero-order valence-corrected chi connectivity index (χ0v) is 15.4. The molecule has 0 unspecified atom stereocenters. The van der Waals surface area contributed by atoms with Gasteiger partial charge in [0, 0.05) is 18.3 Å². The van der Waals surface area contributed by atoms with Crippen LogP contribution in [0.2, 0.25) is 0 Å². The van der Waals surface area contributed by atoms with Gasteiger partial charge in [-0.05, 0) is 38.1 Å². The molecule has 6 nitrogen and oxygen atoms in total. The maximum absolute atomic E-state index is 12.7. The molecule has 2 rings (SSSR count). The number of carbonyl (C=O) groups is 2. The van der Waals surface area contributed by atoms with Gasteiger partial charge in [-0.3, -0.25) is 4.79 Å². The number of likely N-dealkylation sites (N-methyl/N-ethyl adjacent to an activating group) is 1. The molecule has 138 valence electrons. The first-order valence-electron chi connectivity index (χ1n) is 8.30. The summed E-state index contributed by atoms with van der Waals surface area (Å²) in [7, 11) is 2.99. The quantitative estimate of drug-likeness (QED) is 0.712. The Kier molecular flexibility index (Phi) is 6.60. The third-order valence-electron chi connectivity index (χ3n) is 3.87. The van der Waals surface area contributed by atoms with Gasteiger partial charge in [-0.15, -0.1) is 0 Å². The number of hydrogen-bond acceptors (Lipinski definition) is 5. The van der Waals surface area contributed by atoms with E-state index in [4.69, 9.17) is 14.2 Å². The SMILES string of the molecule is CCN(C(=O)[C@@H](C)OC(=O)c1cc(OC)cc(OC)c1)c1ccccc1. The Labute approximate surface area is 153 Å². The molecule has 1 amide bonds. The van der Waals surface area contributed by atoms with E-state index in [1.807, 2.05) is 37.3 Å². The van der Waals surface area contributed by atoms with Crippen LogP contribution in [0.3, 0.4) is 0 Å². The molecule has 0 aliphatic carbocycles. The largest absolute Gasteiger partial charge is 0.497 e. The number of nitrogens with zero attached hydrogens (tertiary/aromatic N) is 1. The number of methoxy groups -OCH3 is 2. The Balaban J connectivity index is 2.14. The zero-order valence-electron chi connectivity index (χ0n) is 15.4. The highest BCUT2D eigenvalue weighted by Gasteiger charge is 2.25. The molecule has 2 aromatic carbocycles. The van der Waals surface area contributed by atoms with Crippen LogP contribution in [0, 0.1) is 0 Å². The monoisotopic (exact) mass is 357 g/mol. The minimum atomic E-state index is -0.931. The van der Waals surface area contributed by atoms with Gasteiger partial charge in [0.2, 0.25) is 0 Å². The van der Waals surface area contributed by atoms with Crippen molar-refractivity contribution >= 4 is 17.6 Å². The van der Waals surface area contributed by atoms with E-state index in [1.54, 1.807) is 17.9 Å². The third kappa shape index (κ3) is 4.53. The Hall–Kier alpha value is -3.02. The van der Waals surface area contributed by atoms with Gasteiger partial charge >= 0.3 is 5.97 Å². The molecule has 0 radical (unpaired) electrons. The average molecular weight is 357 g/mol. The molecule has 0 bridgehead atoms. The Morgan fingerprint density at radius 1 is 1.00 bits per heavy atom. The predicted octanol–water partition coefficient (Wildman–Crippen LogP) is 3.30. The number of anilines is 1. The first-order valence-corrected chi connectivity index (χ1v) is 8.30. The van der Waals surface area contributed by atoms with Crippen molar-refractivity contribution in [2.24, 2.45) is 0 Å². The van der Waals surface area contributed by atoms with Crippen LogP contribution >= 0.6 is 0 Å². The summed E-state index contributed by atoms with van der Waals surface area (Å²) in [5.41, 5.74) is 1.01. The summed E-state index contributed by atoms with van der Waals surface area (Å²) in [5.74, 6) is 0.0265. The lowest BCUT2D eigenvalue weighted by Crippen LogP contribution is -2.40. The average Bonchev–Trinajstić information content (AvgIpc) is 2.68. The number of ether oxygens (including phenoxy) is 3. The summed E-state index contributed by atoms with van der Waals surface area (Å²) in [6, 6.07) is 14.0. The molecule has 0 saturated heterocycles. The van der Waals surface area contributed by atoms with Gasteiger partial charge in [0.25, 0.3) is 5.91 Å². The van der Waals surface area contributed by atoms with Crippen LogP contribution in [0.5, 0.6) is 11.5 Å². The van der Waals surface area contributed by atoms with Gasteiger partial charge in [0.1, 0.15) is 11.5 Å². The van der Waals surface area contributed by atoms with E-state index < -0.39 is 12.1 Å². The maximum Gasteiger partial charge on any atom is 0.339 e. The van der Waals surface area contributed by atoms with E-state index in [0.717, 1.165) is 5.69 Å². The maximum atomic E-state index is 12.7. The summed E-state index contributed by atoms with van der Waals surface area (Å²) < 4.78 is 15.7. The van der Waals surface area contributed by atoms with Crippen LogP contribution in [0.25, 0.3) is 0 Å². The van der Waals surface area contributed by atoms with Gasteiger partial charge in [-0.25, -0.2) is 4.79 Å². The van der Waals surface area contributed by atoms with Crippen molar-refractivity contribution in [2.45, 2.75) is 20.0 Å². The van der Waals surface area contributed by atoms with Crippen LogP contribution in [0.15, 0.2) is 48.5 Å². The molecular formula is C20H23NO5. The van der Waals surface area contributed by atoms with E-state index in [1.165, 1.54) is 26.4 Å². The number of para-hydroxylation sites is 1. The highest BCUT2D eigenvalue weighted by molar-refractivity contribution is 5.99. The molecule has 0 aliphatic rings. The lowest BCUT2D eigenvalue weighted by molar-refractivity contribution is -0.126. The van der Waals surface area contributed by atoms with Gasteiger partial charge in [-0.1, -0.05) is 18.2 Å². The smallest absolute Gasteiger partial charge is 0.339 e. The molecule has 0 saturated carbocycles. The van der Waals surface area contributed by atoms with E-state index in [9.17, 15) is 9.59 Å². The van der Waals surface area contributed by atoms with Crippen molar-refractivity contribution in [1.82, 2.24) is 0 Å². The fraction of sp³-hybridized carbons (Fsp3) is 0.300. The van der Waals surface area contributed by atoms with Crippen LogP contribution in [0.4, 0.5) is 5.69 Å². The molecule has 0 fully saturated rings. The normalized spacial score (nSPS) is 11.4. The Morgan fingerprint density at radius 2 is 1.58 bits per heavy atom. The summed E-state index contributed by atoms with van der Waals surface area (Å²) in [5, 5.41) is 0. The van der Waals surface area contributed by atoms with Crippen molar-refractivity contribution in [3.05, 3.63) is 54.1 Å². The molecule has 2 aromatic rings. The van der Waals surface area contributed by atoms with Crippen molar-refractivity contribution in [1.29, 1.82) is 0 Å². The Bertz CT molecular complexity index is 738. The molecule has 0 N–H and O–H groups in total. The van der Waals surface area contributed by atoms with Gasteiger partial charge < -0.3 is 19.1 Å². The number of hydrogen-bond donors (Lipinski definition) is 0. The summed E-state index contributed by atoms with van der Waals surface area (Å²) in [6.45, 7) is 3.90. The summed E-state index contributed by atoms with van der Waals surface area (Å²) in [6.07, 6.45) is -0.931. The predicted molar refractivity (Wildman–Crippen MR) is 98.9 cm³/mol. The van der Waals surface area contributed by atoms with E-state index in [0.29, 0.717) is 18.0 Å². The molecular weight excluding hydrogens is 334 g/mol. The summed E-state index contributed by atoms with van der Waals surface area (Å²) in [4.78, 5) is 26.7. The summed E-state index contributed by atoms with van der Waals surface area (Å²) >= 11 is 0. The lowest BCUT2D eigenvalue weighted by Gasteiger charge is -2.24. The van der Waals surface area contributed by atoms with Crippen LogP contribution < -0.4 is 14.4 Å². The number of rotatable bonds is 7. The third-order valence-corrected chi connectivity index (χ3v) is 3.87. The molecule has 6 heteroatoms. The highest BCUT2D eigenvalue weighted by Crippen LogP contribution is 2.23. The second-order valence-electron chi connectivity index (χ2n) is 5.57. The second kappa shape index (κ2) is 8.89. The second-order valence-corrected chi connectivity index (χ2v) is 5.57. The number of esters is 1. The van der Waals surface area contributed by atoms with E-state index in [2.05, 4.69) is 0 Å². The standard InChI is InChI=1S/C20H23NO5/c1-5-21(16-9-7-6-8-10-16)19(22)14(2)26-20(23)15-11-17(24-3)13-18(12-15)25-4/h6-14H,5H2,1-4H3/t14-/m1/s1. The van der Waals surface area contributed by atoms with E-state index >= 15 is 0 Å².